The molecule has 1 fully saturated rings. The zero-order valence-corrected chi connectivity index (χ0v) is 12.2. The van der Waals surface area contributed by atoms with Gasteiger partial charge in [0.05, 0.1) is 10.3 Å². The maximum atomic E-state index is 11.3. The molecule has 2 heterocycles. The van der Waals surface area contributed by atoms with Crippen molar-refractivity contribution in [2.75, 3.05) is 18.0 Å². The molecule has 1 atom stereocenters. The molecule has 0 amide bonds. The van der Waals surface area contributed by atoms with Crippen LogP contribution in [0.1, 0.15) is 26.7 Å². The van der Waals surface area contributed by atoms with Gasteiger partial charge in [0, 0.05) is 13.1 Å². The van der Waals surface area contributed by atoms with E-state index in [0.29, 0.717) is 11.7 Å². The Morgan fingerprint density at radius 1 is 1.65 bits per heavy atom. The standard InChI is InChI=1S/C12H17N3O4S/c1-12(2,10(16)17)8-4-3-5-14(7-8)11-13-6-9(20-11)15(18)19/h6,8H,3-5,7H2,1-2H3,(H,16,17). The predicted octanol–water partition coefficient (Wildman–Crippen LogP) is 2.38. The number of aromatic nitrogens is 1. The highest BCUT2D eigenvalue weighted by molar-refractivity contribution is 7.18. The Balaban J connectivity index is 2.14. The smallest absolute Gasteiger partial charge is 0.345 e. The van der Waals surface area contributed by atoms with Crippen molar-refractivity contribution in [1.29, 1.82) is 0 Å². The number of hydrogen-bond acceptors (Lipinski definition) is 6. The third-order valence-corrected chi connectivity index (χ3v) is 4.93. The Morgan fingerprint density at radius 3 is 2.90 bits per heavy atom. The van der Waals surface area contributed by atoms with Crippen LogP contribution in [0.15, 0.2) is 6.20 Å². The predicted molar refractivity (Wildman–Crippen MR) is 75.1 cm³/mol. The lowest BCUT2D eigenvalue weighted by Crippen LogP contribution is -2.44. The monoisotopic (exact) mass is 299 g/mol. The second-order valence-electron chi connectivity index (χ2n) is 5.55. The molecule has 8 heteroatoms. The van der Waals surface area contributed by atoms with Crippen LogP contribution in [-0.2, 0) is 4.79 Å². The highest BCUT2D eigenvalue weighted by atomic mass is 32.1. The zero-order chi connectivity index (χ0) is 14.9. The first-order chi connectivity index (χ1) is 9.32. The van der Waals surface area contributed by atoms with Crippen molar-refractivity contribution in [2.45, 2.75) is 26.7 Å². The fourth-order valence-corrected chi connectivity index (χ4v) is 3.17. The average Bonchev–Trinajstić information content (AvgIpc) is 2.88. The summed E-state index contributed by atoms with van der Waals surface area (Å²) in [5.74, 6) is -0.800. The van der Waals surface area contributed by atoms with Crippen molar-refractivity contribution in [2.24, 2.45) is 11.3 Å². The molecule has 0 aromatic carbocycles. The third-order valence-electron chi connectivity index (χ3n) is 3.92. The molecule has 0 bridgehead atoms. The van der Waals surface area contributed by atoms with Crippen LogP contribution < -0.4 is 4.90 Å². The molecule has 0 spiro atoms. The summed E-state index contributed by atoms with van der Waals surface area (Å²) in [5, 5.41) is 20.6. The molecule has 1 aliphatic heterocycles. The van der Waals surface area contributed by atoms with Crippen molar-refractivity contribution in [3.8, 4) is 0 Å². The second-order valence-corrected chi connectivity index (χ2v) is 6.54. The van der Waals surface area contributed by atoms with Gasteiger partial charge in [-0.25, -0.2) is 4.98 Å². The van der Waals surface area contributed by atoms with E-state index in [-0.39, 0.29) is 10.9 Å². The van der Waals surface area contributed by atoms with E-state index in [1.807, 2.05) is 4.90 Å². The summed E-state index contributed by atoms with van der Waals surface area (Å²) >= 11 is 1.04. The van der Waals surface area contributed by atoms with Gasteiger partial charge in [0.25, 0.3) is 0 Å². The Labute approximate surface area is 120 Å². The third kappa shape index (κ3) is 2.74. The number of nitrogens with zero attached hydrogens (tertiary/aromatic N) is 3. The van der Waals surface area contributed by atoms with Gasteiger partial charge in [0.2, 0.25) is 0 Å². The minimum atomic E-state index is -0.811. The van der Waals surface area contributed by atoms with Gasteiger partial charge in [0.15, 0.2) is 5.13 Å². The normalized spacial score (nSPS) is 19.9. The summed E-state index contributed by atoms with van der Waals surface area (Å²) in [7, 11) is 0. The lowest BCUT2D eigenvalue weighted by atomic mass is 9.75. The number of piperidine rings is 1. The maximum absolute atomic E-state index is 11.3. The van der Waals surface area contributed by atoms with Gasteiger partial charge in [0.1, 0.15) is 6.20 Å². The lowest BCUT2D eigenvalue weighted by Gasteiger charge is -2.39. The quantitative estimate of drug-likeness (QED) is 0.677. The molecular weight excluding hydrogens is 282 g/mol. The molecule has 1 aromatic heterocycles. The van der Waals surface area contributed by atoms with Crippen molar-refractivity contribution in [3.05, 3.63) is 16.3 Å². The summed E-state index contributed by atoms with van der Waals surface area (Å²) in [6, 6.07) is 0. The van der Waals surface area contributed by atoms with Gasteiger partial charge in [-0.3, -0.25) is 14.9 Å². The Kier molecular flexibility index (Phi) is 3.94. The Bertz CT molecular complexity index is 529. The minimum Gasteiger partial charge on any atom is -0.481 e. The van der Waals surface area contributed by atoms with Crippen molar-refractivity contribution in [1.82, 2.24) is 4.98 Å². The SMILES string of the molecule is CC(C)(C(=O)O)C1CCCN(c2ncc([N+](=O)[O-])s2)C1. The largest absolute Gasteiger partial charge is 0.481 e. The molecule has 1 N–H and O–H groups in total. The van der Waals surface area contributed by atoms with Gasteiger partial charge in [-0.2, -0.15) is 0 Å². The van der Waals surface area contributed by atoms with E-state index in [9.17, 15) is 20.0 Å². The van der Waals surface area contributed by atoms with E-state index < -0.39 is 16.3 Å². The summed E-state index contributed by atoms with van der Waals surface area (Å²) in [6.45, 7) is 4.79. The number of carboxylic acids is 1. The molecule has 1 aromatic rings. The van der Waals surface area contributed by atoms with Crippen molar-refractivity contribution < 1.29 is 14.8 Å². The molecular formula is C12H17N3O4S. The second kappa shape index (κ2) is 5.35. The average molecular weight is 299 g/mol. The first-order valence-corrected chi connectivity index (χ1v) is 7.22. The Hall–Kier alpha value is -1.70. The van der Waals surface area contributed by atoms with Gasteiger partial charge >= 0.3 is 11.0 Å². The lowest BCUT2D eigenvalue weighted by molar-refractivity contribution is -0.380. The number of thiazole rings is 1. The van der Waals surface area contributed by atoms with E-state index in [0.717, 1.165) is 30.7 Å². The van der Waals surface area contributed by atoms with Crippen LogP contribution in [0.5, 0.6) is 0 Å². The van der Waals surface area contributed by atoms with Gasteiger partial charge in [-0.15, -0.1) is 0 Å². The summed E-state index contributed by atoms with van der Waals surface area (Å²) in [6.07, 6.45) is 2.98. The number of nitro groups is 1. The minimum absolute atomic E-state index is 0.0108. The molecule has 0 aliphatic carbocycles. The van der Waals surface area contributed by atoms with Crippen LogP contribution in [-0.4, -0.2) is 34.1 Å². The number of aliphatic carboxylic acids is 1. The summed E-state index contributed by atoms with van der Waals surface area (Å²) < 4.78 is 0. The van der Waals surface area contributed by atoms with Crippen LogP contribution in [0.25, 0.3) is 0 Å². The number of carbonyl (C=O) groups is 1. The first-order valence-electron chi connectivity index (χ1n) is 6.41. The van der Waals surface area contributed by atoms with Crippen LogP contribution >= 0.6 is 11.3 Å². The number of anilines is 1. The molecule has 0 saturated carbocycles. The van der Waals surface area contributed by atoms with Crippen LogP contribution in [0.2, 0.25) is 0 Å². The maximum Gasteiger partial charge on any atom is 0.345 e. The molecule has 20 heavy (non-hydrogen) atoms. The first kappa shape index (κ1) is 14.7. The van der Waals surface area contributed by atoms with E-state index in [2.05, 4.69) is 4.98 Å². The molecule has 1 unspecified atom stereocenters. The molecule has 2 rings (SSSR count). The highest BCUT2D eigenvalue weighted by Crippen LogP contribution is 2.37. The van der Waals surface area contributed by atoms with E-state index in [4.69, 9.17) is 0 Å². The van der Waals surface area contributed by atoms with Gasteiger partial charge in [-0.05, 0) is 43.9 Å². The molecule has 110 valence electrons. The van der Waals surface area contributed by atoms with E-state index in [1.165, 1.54) is 6.20 Å². The summed E-state index contributed by atoms with van der Waals surface area (Å²) in [5.41, 5.74) is -0.804. The molecule has 7 nitrogen and oxygen atoms in total. The van der Waals surface area contributed by atoms with E-state index >= 15 is 0 Å². The molecule has 1 aliphatic rings. The van der Waals surface area contributed by atoms with Crippen LogP contribution in [0.4, 0.5) is 10.1 Å². The van der Waals surface area contributed by atoms with Crippen molar-refractivity contribution >= 4 is 27.4 Å². The van der Waals surface area contributed by atoms with Gasteiger partial charge in [-0.1, -0.05) is 0 Å². The summed E-state index contributed by atoms with van der Waals surface area (Å²) in [4.78, 5) is 27.6. The number of rotatable bonds is 4. The van der Waals surface area contributed by atoms with E-state index in [1.54, 1.807) is 13.8 Å². The van der Waals surface area contributed by atoms with Crippen molar-refractivity contribution in [3.63, 3.8) is 0 Å². The topological polar surface area (TPSA) is 96.6 Å². The fourth-order valence-electron chi connectivity index (χ4n) is 2.40. The number of hydrogen-bond donors (Lipinski definition) is 1. The van der Waals surface area contributed by atoms with Crippen LogP contribution in [0, 0.1) is 21.4 Å². The molecule has 1 saturated heterocycles. The zero-order valence-electron chi connectivity index (χ0n) is 11.4. The fraction of sp³-hybridized carbons (Fsp3) is 0.667. The number of carboxylic acid groups (broad SMARTS) is 1. The van der Waals surface area contributed by atoms with Gasteiger partial charge < -0.3 is 10.0 Å². The molecule has 0 radical (unpaired) electrons. The van der Waals surface area contributed by atoms with Crippen LogP contribution in [0.3, 0.4) is 0 Å². The Morgan fingerprint density at radius 2 is 2.35 bits per heavy atom. The highest BCUT2D eigenvalue weighted by Gasteiger charge is 2.39.